The highest BCUT2D eigenvalue weighted by molar-refractivity contribution is 9.10. The molecule has 3 nitrogen and oxygen atoms in total. The van der Waals surface area contributed by atoms with Crippen LogP contribution >= 0.6 is 15.9 Å². The lowest BCUT2D eigenvalue weighted by atomic mass is 9.85. The van der Waals surface area contributed by atoms with E-state index in [9.17, 15) is 5.26 Å². The largest absolute Gasteiger partial charge is 0.372 e. The maximum Gasteiger partial charge on any atom is 0.0725 e. The van der Waals surface area contributed by atoms with Gasteiger partial charge in [-0.1, -0.05) is 58.4 Å². The number of halogens is 1. The molecule has 2 aromatic carbocycles. The van der Waals surface area contributed by atoms with Crippen LogP contribution in [0.15, 0.2) is 59.1 Å². The first kappa shape index (κ1) is 16.2. The van der Waals surface area contributed by atoms with Crippen LogP contribution in [-0.2, 0) is 16.9 Å². The van der Waals surface area contributed by atoms with E-state index >= 15 is 0 Å². The van der Waals surface area contributed by atoms with Gasteiger partial charge in [-0.15, -0.1) is 0 Å². The van der Waals surface area contributed by atoms with Crippen LogP contribution < -0.4 is 5.32 Å². The zero-order valence-corrected chi connectivity index (χ0v) is 14.4. The minimum Gasteiger partial charge on any atom is -0.372 e. The molecule has 2 atom stereocenters. The molecule has 0 radical (unpaired) electrons. The predicted molar refractivity (Wildman–Crippen MR) is 93.7 cm³/mol. The molecule has 1 aliphatic heterocycles. The second-order valence-corrected chi connectivity index (χ2v) is 6.84. The van der Waals surface area contributed by atoms with Crippen molar-refractivity contribution in [2.45, 2.75) is 31.1 Å². The Balaban J connectivity index is 1.69. The molecular formula is C19H19BrN2O. The summed E-state index contributed by atoms with van der Waals surface area (Å²) in [5.41, 5.74) is 2.01. The molecule has 1 N–H and O–H groups in total. The number of hydrogen-bond donors (Lipinski definition) is 1. The monoisotopic (exact) mass is 370 g/mol. The lowest BCUT2D eigenvalue weighted by Gasteiger charge is -2.27. The van der Waals surface area contributed by atoms with Crippen molar-refractivity contribution in [1.29, 1.82) is 5.26 Å². The standard InChI is InChI=1S/C19H19BrN2O/c20-17-8-6-16(7-9-17)19(10-11-21)12-18(13-22-19)23-14-15-4-2-1-3-5-15/h1-9,18,22H,10,12-14H2/t18-,19-/m1/s1. The Bertz CT molecular complexity index is 681. The van der Waals surface area contributed by atoms with E-state index in [0.717, 1.165) is 23.0 Å². The number of nitrogens with one attached hydrogen (secondary N) is 1. The number of nitriles is 1. The van der Waals surface area contributed by atoms with E-state index in [1.54, 1.807) is 0 Å². The van der Waals surface area contributed by atoms with E-state index in [2.05, 4.69) is 51.6 Å². The van der Waals surface area contributed by atoms with Crippen LogP contribution in [0.5, 0.6) is 0 Å². The molecule has 118 valence electrons. The molecule has 0 spiro atoms. The van der Waals surface area contributed by atoms with E-state index in [1.807, 2.05) is 30.3 Å². The maximum absolute atomic E-state index is 9.26. The molecule has 1 heterocycles. The van der Waals surface area contributed by atoms with Crippen LogP contribution in [0.4, 0.5) is 0 Å². The Morgan fingerprint density at radius 1 is 1.17 bits per heavy atom. The van der Waals surface area contributed by atoms with Gasteiger partial charge >= 0.3 is 0 Å². The van der Waals surface area contributed by atoms with Crippen LogP contribution in [0.1, 0.15) is 24.0 Å². The van der Waals surface area contributed by atoms with E-state index in [0.29, 0.717) is 13.0 Å². The fourth-order valence-corrected chi connectivity index (χ4v) is 3.37. The highest BCUT2D eigenvalue weighted by Crippen LogP contribution is 2.36. The quantitative estimate of drug-likeness (QED) is 0.859. The summed E-state index contributed by atoms with van der Waals surface area (Å²) in [7, 11) is 0. The van der Waals surface area contributed by atoms with Gasteiger partial charge in [0.15, 0.2) is 0 Å². The Labute approximate surface area is 145 Å². The van der Waals surface area contributed by atoms with E-state index < -0.39 is 0 Å². The summed E-state index contributed by atoms with van der Waals surface area (Å²) < 4.78 is 7.10. The second kappa shape index (κ2) is 7.27. The van der Waals surface area contributed by atoms with E-state index in [-0.39, 0.29) is 11.6 Å². The zero-order valence-electron chi connectivity index (χ0n) is 12.8. The minimum atomic E-state index is -0.309. The van der Waals surface area contributed by atoms with Crippen molar-refractivity contribution in [3.05, 3.63) is 70.2 Å². The highest BCUT2D eigenvalue weighted by Gasteiger charge is 2.40. The average molecular weight is 371 g/mol. The highest BCUT2D eigenvalue weighted by atomic mass is 79.9. The molecule has 2 aromatic rings. The third kappa shape index (κ3) is 3.81. The summed E-state index contributed by atoms with van der Waals surface area (Å²) in [5.74, 6) is 0. The normalized spacial score (nSPS) is 23.6. The third-order valence-corrected chi connectivity index (χ3v) is 4.88. The number of ether oxygens (including phenoxy) is 1. The zero-order chi connectivity index (χ0) is 16.1. The molecule has 4 heteroatoms. The fraction of sp³-hybridized carbons (Fsp3) is 0.316. The van der Waals surface area contributed by atoms with Crippen molar-refractivity contribution in [2.75, 3.05) is 6.54 Å². The van der Waals surface area contributed by atoms with Gasteiger partial charge in [-0.3, -0.25) is 0 Å². The smallest absolute Gasteiger partial charge is 0.0725 e. The molecule has 23 heavy (non-hydrogen) atoms. The minimum absolute atomic E-state index is 0.118. The molecule has 1 fully saturated rings. The van der Waals surface area contributed by atoms with Crippen molar-refractivity contribution in [2.24, 2.45) is 0 Å². The molecule has 0 amide bonds. The first-order valence-corrected chi connectivity index (χ1v) is 8.55. The Morgan fingerprint density at radius 2 is 1.91 bits per heavy atom. The summed E-state index contributed by atoms with van der Waals surface area (Å²) in [6.07, 6.45) is 1.38. The van der Waals surface area contributed by atoms with Crippen LogP contribution in [0, 0.1) is 11.3 Å². The van der Waals surface area contributed by atoms with Crippen LogP contribution in [-0.4, -0.2) is 12.6 Å². The number of rotatable bonds is 5. The van der Waals surface area contributed by atoms with Crippen LogP contribution in [0.25, 0.3) is 0 Å². The molecule has 0 bridgehead atoms. The summed E-state index contributed by atoms with van der Waals surface area (Å²) >= 11 is 3.46. The topological polar surface area (TPSA) is 45.0 Å². The summed E-state index contributed by atoms with van der Waals surface area (Å²) in [6, 6.07) is 20.7. The Hall–Kier alpha value is -1.67. The van der Waals surface area contributed by atoms with Gasteiger partial charge in [-0.25, -0.2) is 0 Å². The van der Waals surface area contributed by atoms with Gasteiger partial charge in [0.05, 0.1) is 30.7 Å². The van der Waals surface area contributed by atoms with Crippen molar-refractivity contribution in [3.63, 3.8) is 0 Å². The predicted octanol–water partition coefficient (Wildman–Crippen LogP) is 4.14. The number of nitrogens with zero attached hydrogens (tertiary/aromatic N) is 1. The second-order valence-electron chi connectivity index (χ2n) is 5.93. The molecule has 0 unspecified atom stereocenters. The number of benzene rings is 2. The molecule has 1 saturated heterocycles. The van der Waals surface area contributed by atoms with Crippen molar-refractivity contribution in [1.82, 2.24) is 5.32 Å². The first-order valence-electron chi connectivity index (χ1n) is 7.75. The van der Waals surface area contributed by atoms with Crippen LogP contribution in [0.3, 0.4) is 0 Å². The molecule has 3 rings (SSSR count). The van der Waals surface area contributed by atoms with E-state index in [4.69, 9.17) is 4.74 Å². The van der Waals surface area contributed by atoms with Gasteiger partial charge in [0.25, 0.3) is 0 Å². The maximum atomic E-state index is 9.26. The van der Waals surface area contributed by atoms with Crippen molar-refractivity contribution < 1.29 is 4.74 Å². The Kier molecular flexibility index (Phi) is 5.12. The van der Waals surface area contributed by atoms with Gasteiger partial charge in [-0.2, -0.15) is 5.26 Å². The van der Waals surface area contributed by atoms with Gasteiger partial charge in [0, 0.05) is 11.0 Å². The third-order valence-electron chi connectivity index (χ3n) is 4.35. The lowest BCUT2D eigenvalue weighted by molar-refractivity contribution is 0.0490. The SMILES string of the molecule is N#CC[C@]1(c2ccc(Br)cc2)C[C@@H](OCc2ccccc2)CN1. The van der Waals surface area contributed by atoms with Gasteiger partial charge < -0.3 is 10.1 Å². The van der Waals surface area contributed by atoms with Gasteiger partial charge in [-0.05, 0) is 29.7 Å². The molecule has 0 aromatic heterocycles. The molecule has 0 saturated carbocycles. The van der Waals surface area contributed by atoms with Crippen molar-refractivity contribution in [3.8, 4) is 6.07 Å². The summed E-state index contributed by atoms with van der Waals surface area (Å²) in [6.45, 7) is 1.38. The van der Waals surface area contributed by atoms with Gasteiger partial charge in [0.1, 0.15) is 0 Å². The average Bonchev–Trinajstić information content (AvgIpc) is 2.99. The molecule has 1 aliphatic rings. The van der Waals surface area contributed by atoms with Gasteiger partial charge in [0.2, 0.25) is 0 Å². The Morgan fingerprint density at radius 3 is 2.61 bits per heavy atom. The van der Waals surface area contributed by atoms with Crippen LogP contribution in [0.2, 0.25) is 0 Å². The lowest BCUT2D eigenvalue weighted by Crippen LogP contribution is -2.36. The molecular weight excluding hydrogens is 352 g/mol. The van der Waals surface area contributed by atoms with E-state index in [1.165, 1.54) is 5.56 Å². The molecule has 0 aliphatic carbocycles. The summed E-state index contributed by atoms with van der Waals surface area (Å²) in [4.78, 5) is 0. The fourth-order valence-electron chi connectivity index (χ4n) is 3.11. The van der Waals surface area contributed by atoms with Crippen molar-refractivity contribution >= 4 is 15.9 Å². The summed E-state index contributed by atoms with van der Waals surface area (Å²) in [5, 5.41) is 12.8. The number of hydrogen-bond acceptors (Lipinski definition) is 3. The first-order chi connectivity index (χ1) is 11.2.